The highest BCUT2D eigenvalue weighted by molar-refractivity contribution is 7.90. The number of nitrogens with zero attached hydrogens (tertiary/aromatic N) is 1. The summed E-state index contributed by atoms with van der Waals surface area (Å²) in [6.45, 7) is 4.40. The van der Waals surface area contributed by atoms with E-state index in [1.54, 1.807) is 12.1 Å². The fourth-order valence-corrected chi connectivity index (χ4v) is 3.00. The van der Waals surface area contributed by atoms with Gasteiger partial charge in [0.05, 0.1) is 4.90 Å². The van der Waals surface area contributed by atoms with Gasteiger partial charge in [-0.15, -0.1) is 0 Å². The van der Waals surface area contributed by atoms with E-state index in [0.29, 0.717) is 4.90 Å². The number of rotatable bonds is 3. The summed E-state index contributed by atoms with van der Waals surface area (Å²) >= 11 is 0. The summed E-state index contributed by atoms with van der Waals surface area (Å²) in [5.41, 5.74) is 1.08. The van der Waals surface area contributed by atoms with Crippen LogP contribution in [0.5, 0.6) is 0 Å². The molecule has 1 N–H and O–H groups in total. The number of anilines is 1. The molecule has 0 radical (unpaired) electrons. The molecular formula is C14H22N2O2S. The molecule has 1 aliphatic rings. The molecule has 5 heteroatoms. The van der Waals surface area contributed by atoms with Crippen LogP contribution in [0.2, 0.25) is 0 Å². The van der Waals surface area contributed by atoms with Gasteiger partial charge in [-0.3, -0.25) is 0 Å². The van der Waals surface area contributed by atoms with Crippen molar-refractivity contribution >= 4 is 15.5 Å². The Bertz CT molecular complexity index is 529. The van der Waals surface area contributed by atoms with Crippen molar-refractivity contribution in [2.24, 2.45) is 0 Å². The number of likely N-dealkylation sites (tertiary alicyclic amines) is 1. The highest BCUT2D eigenvalue weighted by atomic mass is 32.2. The standard InChI is InChI=1S/C14H22N2O2S/c1-14(8-10-16(2)11-9-14)15-12-4-6-13(7-5-12)19(3,17)18/h4-7,15H,8-11H2,1-3H3. The Morgan fingerprint density at radius 2 is 1.68 bits per heavy atom. The van der Waals surface area contributed by atoms with Gasteiger partial charge < -0.3 is 10.2 Å². The van der Waals surface area contributed by atoms with Gasteiger partial charge in [0.1, 0.15) is 0 Å². The maximum Gasteiger partial charge on any atom is 0.175 e. The van der Waals surface area contributed by atoms with Gasteiger partial charge in [0, 0.05) is 30.6 Å². The molecule has 1 saturated heterocycles. The van der Waals surface area contributed by atoms with Crippen molar-refractivity contribution in [3.8, 4) is 0 Å². The average molecular weight is 282 g/mol. The zero-order valence-corrected chi connectivity index (χ0v) is 12.6. The second-order valence-corrected chi connectivity index (χ2v) is 7.80. The predicted molar refractivity (Wildman–Crippen MR) is 78.3 cm³/mol. The number of benzene rings is 1. The van der Waals surface area contributed by atoms with Crippen molar-refractivity contribution in [1.29, 1.82) is 0 Å². The fraction of sp³-hybridized carbons (Fsp3) is 0.571. The van der Waals surface area contributed by atoms with Gasteiger partial charge in [-0.1, -0.05) is 0 Å². The molecule has 0 bridgehead atoms. The quantitative estimate of drug-likeness (QED) is 0.921. The van der Waals surface area contributed by atoms with E-state index >= 15 is 0 Å². The Hall–Kier alpha value is -1.07. The molecule has 1 heterocycles. The van der Waals surface area contributed by atoms with E-state index in [4.69, 9.17) is 0 Å². The third-order valence-corrected chi connectivity index (χ3v) is 4.95. The maximum absolute atomic E-state index is 11.4. The highest BCUT2D eigenvalue weighted by Gasteiger charge is 2.28. The fourth-order valence-electron chi connectivity index (χ4n) is 2.37. The van der Waals surface area contributed by atoms with Crippen molar-refractivity contribution < 1.29 is 8.42 Å². The van der Waals surface area contributed by atoms with Gasteiger partial charge in [0.25, 0.3) is 0 Å². The molecular weight excluding hydrogens is 260 g/mol. The van der Waals surface area contributed by atoms with E-state index < -0.39 is 9.84 Å². The molecule has 2 rings (SSSR count). The smallest absolute Gasteiger partial charge is 0.175 e. The van der Waals surface area contributed by atoms with Crippen molar-refractivity contribution in [3.63, 3.8) is 0 Å². The number of nitrogens with one attached hydrogen (secondary N) is 1. The van der Waals surface area contributed by atoms with Gasteiger partial charge in [-0.05, 0) is 51.1 Å². The normalized spacial score (nSPS) is 20.2. The Morgan fingerprint density at radius 1 is 1.16 bits per heavy atom. The maximum atomic E-state index is 11.4. The molecule has 0 aromatic heterocycles. The molecule has 19 heavy (non-hydrogen) atoms. The van der Waals surface area contributed by atoms with Crippen LogP contribution in [-0.4, -0.2) is 45.2 Å². The largest absolute Gasteiger partial charge is 0.380 e. The second-order valence-electron chi connectivity index (χ2n) is 5.79. The Kier molecular flexibility index (Phi) is 3.87. The SMILES string of the molecule is CN1CCC(C)(Nc2ccc(S(C)(=O)=O)cc2)CC1. The molecule has 0 saturated carbocycles. The molecule has 0 unspecified atom stereocenters. The van der Waals surface area contributed by atoms with Crippen LogP contribution in [0, 0.1) is 0 Å². The minimum Gasteiger partial charge on any atom is -0.380 e. The summed E-state index contributed by atoms with van der Waals surface area (Å²) in [7, 11) is -0.970. The first-order valence-electron chi connectivity index (χ1n) is 6.55. The van der Waals surface area contributed by atoms with E-state index in [2.05, 4.69) is 24.2 Å². The molecule has 1 fully saturated rings. The van der Waals surface area contributed by atoms with Crippen LogP contribution in [-0.2, 0) is 9.84 Å². The number of hydrogen-bond donors (Lipinski definition) is 1. The summed E-state index contributed by atoms with van der Waals surface area (Å²) in [4.78, 5) is 2.70. The Labute approximate surface area is 115 Å². The Morgan fingerprint density at radius 3 is 2.16 bits per heavy atom. The molecule has 0 aliphatic carbocycles. The van der Waals surface area contributed by atoms with Crippen molar-refractivity contribution in [2.75, 3.05) is 31.7 Å². The number of sulfone groups is 1. The summed E-state index contributed by atoms with van der Waals surface area (Å²) in [5.74, 6) is 0. The van der Waals surface area contributed by atoms with E-state index in [0.717, 1.165) is 31.6 Å². The minimum absolute atomic E-state index is 0.0963. The zero-order valence-electron chi connectivity index (χ0n) is 11.8. The van der Waals surface area contributed by atoms with E-state index in [1.165, 1.54) is 6.26 Å². The third kappa shape index (κ3) is 3.70. The average Bonchev–Trinajstić information content (AvgIpc) is 2.33. The van der Waals surface area contributed by atoms with Crippen LogP contribution in [0.1, 0.15) is 19.8 Å². The van der Waals surface area contributed by atoms with Crippen LogP contribution >= 0.6 is 0 Å². The highest BCUT2D eigenvalue weighted by Crippen LogP contribution is 2.26. The summed E-state index contributed by atoms with van der Waals surface area (Å²) in [6, 6.07) is 7.02. The monoisotopic (exact) mass is 282 g/mol. The molecule has 0 spiro atoms. The lowest BCUT2D eigenvalue weighted by Crippen LogP contribution is -2.45. The minimum atomic E-state index is -3.11. The first-order chi connectivity index (χ1) is 8.78. The molecule has 106 valence electrons. The van der Waals surface area contributed by atoms with Gasteiger partial charge in [-0.2, -0.15) is 0 Å². The number of piperidine rings is 1. The predicted octanol–water partition coefficient (Wildman–Crippen LogP) is 1.99. The zero-order chi connectivity index (χ0) is 14.1. The third-order valence-electron chi connectivity index (χ3n) is 3.82. The van der Waals surface area contributed by atoms with E-state index in [9.17, 15) is 8.42 Å². The molecule has 0 atom stereocenters. The van der Waals surface area contributed by atoms with Gasteiger partial charge in [0.15, 0.2) is 9.84 Å². The van der Waals surface area contributed by atoms with Gasteiger partial charge in [-0.25, -0.2) is 8.42 Å². The van der Waals surface area contributed by atoms with E-state index in [-0.39, 0.29) is 5.54 Å². The summed E-state index contributed by atoms with van der Waals surface area (Å²) in [5, 5.41) is 3.53. The first kappa shape index (κ1) is 14.3. The van der Waals surface area contributed by atoms with Gasteiger partial charge in [0.2, 0.25) is 0 Å². The van der Waals surface area contributed by atoms with Crippen LogP contribution in [0.25, 0.3) is 0 Å². The van der Waals surface area contributed by atoms with Crippen LogP contribution in [0.3, 0.4) is 0 Å². The molecule has 4 nitrogen and oxygen atoms in total. The molecule has 1 aromatic rings. The molecule has 1 aromatic carbocycles. The van der Waals surface area contributed by atoms with E-state index in [1.807, 2.05) is 12.1 Å². The summed E-state index contributed by atoms with van der Waals surface area (Å²) in [6.07, 6.45) is 3.42. The van der Waals surface area contributed by atoms with Crippen LogP contribution in [0.15, 0.2) is 29.2 Å². The van der Waals surface area contributed by atoms with Crippen molar-refractivity contribution in [3.05, 3.63) is 24.3 Å². The van der Waals surface area contributed by atoms with Gasteiger partial charge >= 0.3 is 0 Å². The lowest BCUT2D eigenvalue weighted by Gasteiger charge is -2.39. The van der Waals surface area contributed by atoms with Crippen molar-refractivity contribution in [2.45, 2.75) is 30.2 Å². The molecule has 0 amide bonds. The molecule has 1 aliphatic heterocycles. The second kappa shape index (κ2) is 5.13. The van der Waals surface area contributed by atoms with Crippen LogP contribution in [0.4, 0.5) is 5.69 Å². The lowest BCUT2D eigenvalue weighted by atomic mass is 9.89. The van der Waals surface area contributed by atoms with Crippen LogP contribution < -0.4 is 5.32 Å². The summed E-state index contributed by atoms with van der Waals surface area (Å²) < 4.78 is 22.8. The first-order valence-corrected chi connectivity index (χ1v) is 8.45. The lowest BCUT2D eigenvalue weighted by molar-refractivity contribution is 0.216. The Balaban J connectivity index is 2.08. The number of hydrogen-bond acceptors (Lipinski definition) is 4. The van der Waals surface area contributed by atoms with Crippen molar-refractivity contribution in [1.82, 2.24) is 4.90 Å². The topological polar surface area (TPSA) is 49.4 Å².